The van der Waals surface area contributed by atoms with E-state index in [1.807, 2.05) is 0 Å². The van der Waals surface area contributed by atoms with Gasteiger partial charge in [-0.15, -0.1) is 0 Å². The Morgan fingerprint density at radius 1 is 1.23 bits per heavy atom. The summed E-state index contributed by atoms with van der Waals surface area (Å²) in [5, 5.41) is 0. The number of ether oxygens (including phenoxy) is 1. The largest absolute Gasteiger partial charge is 0.381 e. The molecule has 0 atom stereocenters. The quantitative estimate of drug-likeness (QED) is 0.647. The Balaban J connectivity index is 1.74. The summed E-state index contributed by atoms with van der Waals surface area (Å²) in [6.07, 6.45) is 2.41. The summed E-state index contributed by atoms with van der Waals surface area (Å²) in [5.74, 6) is 3.74. The van der Waals surface area contributed by atoms with Crippen LogP contribution in [-0.2, 0) is 4.74 Å². The number of halogens is 1. The maximum Gasteiger partial charge on any atom is 0.0480 e. The molecule has 2 heterocycles. The van der Waals surface area contributed by atoms with Crippen LogP contribution >= 0.6 is 15.9 Å². The molecule has 2 aliphatic heterocycles. The SMILES string of the molecule is BrC#CC1CN(C2CCOCC2)C1. The molecule has 0 spiro atoms. The Bertz CT molecular complexity index is 221. The molecular weight excluding hydrogens is 230 g/mol. The van der Waals surface area contributed by atoms with Gasteiger partial charge in [-0.2, -0.15) is 0 Å². The Hall–Kier alpha value is -0.0400. The van der Waals surface area contributed by atoms with Crippen molar-refractivity contribution < 1.29 is 4.74 Å². The molecule has 13 heavy (non-hydrogen) atoms. The fourth-order valence-electron chi connectivity index (χ4n) is 2.03. The van der Waals surface area contributed by atoms with Crippen molar-refractivity contribution in [2.75, 3.05) is 26.3 Å². The summed E-state index contributed by atoms with van der Waals surface area (Å²) >= 11 is 3.14. The molecule has 0 aromatic heterocycles. The van der Waals surface area contributed by atoms with E-state index >= 15 is 0 Å². The Labute approximate surface area is 87.8 Å². The lowest BCUT2D eigenvalue weighted by molar-refractivity contribution is -0.00265. The molecule has 2 nitrogen and oxygen atoms in total. The second kappa shape index (κ2) is 4.45. The van der Waals surface area contributed by atoms with E-state index < -0.39 is 0 Å². The highest BCUT2D eigenvalue weighted by Crippen LogP contribution is 2.23. The van der Waals surface area contributed by atoms with Gasteiger partial charge in [0, 0.05) is 54.2 Å². The van der Waals surface area contributed by atoms with Gasteiger partial charge in [0.05, 0.1) is 0 Å². The molecule has 2 aliphatic rings. The molecule has 2 fully saturated rings. The molecule has 72 valence electrons. The molecule has 0 bridgehead atoms. The fraction of sp³-hybridized carbons (Fsp3) is 0.800. The predicted molar refractivity (Wildman–Crippen MR) is 55.6 cm³/mol. The summed E-state index contributed by atoms with van der Waals surface area (Å²) in [6, 6.07) is 0.766. The van der Waals surface area contributed by atoms with Gasteiger partial charge in [-0.05, 0) is 17.7 Å². The summed E-state index contributed by atoms with van der Waals surface area (Å²) < 4.78 is 5.33. The van der Waals surface area contributed by atoms with Crippen LogP contribution in [0.15, 0.2) is 0 Å². The molecule has 0 saturated carbocycles. The minimum absolute atomic E-state index is 0.599. The lowest BCUT2D eigenvalue weighted by Crippen LogP contribution is -2.53. The van der Waals surface area contributed by atoms with Crippen LogP contribution < -0.4 is 0 Å². The number of likely N-dealkylation sites (tertiary alicyclic amines) is 1. The van der Waals surface area contributed by atoms with E-state index in [9.17, 15) is 0 Å². The molecule has 0 N–H and O–H groups in total. The fourth-order valence-corrected chi connectivity index (χ4v) is 2.35. The van der Waals surface area contributed by atoms with Crippen LogP contribution in [0, 0.1) is 16.7 Å². The molecule has 0 aromatic rings. The predicted octanol–water partition coefficient (Wildman–Crippen LogP) is 1.45. The summed E-state index contributed by atoms with van der Waals surface area (Å²) in [7, 11) is 0. The smallest absolute Gasteiger partial charge is 0.0480 e. The molecular formula is C10H14BrNO. The van der Waals surface area contributed by atoms with Crippen LogP contribution in [-0.4, -0.2) is 37.2 Å². The third kappa shape index (κ3) is 2.25. The van der Waals surface area contributed by atoms with Crippen LogP contribution in [0.25, 0.3) is 0 Å². The van der Waals surface area contributed by atoms with Crippen molar-refractivity contribution >= 4 is 15.9 Å². The molecule has 0 amide bonds. The van der Waals surface area contributed by atoms with E-state index in [1.54, 1.807) is 0 Å². The highest BCUT2D eigenvalue weighted by molar-refractivity contribution is 9.12. The highest BCUT2D eigenvalue weighted by atomic mass is 79.9. The zero-order valence-electron chi connectivity index (χ0n) is 7.63. The molecule has 3 heteroatoms. The number of hydrogen-bond donors (Lipinski definition) is 0. The van der Waals surface area contributed by atoms with E-state index in [-0.39, 0.29) is 0 Å². The van der Waals surface area contributed by atoms with Crippen molar-refractivity contribution in [1.82, 2.24) is 4.90 Å². The van der Waals surface area contributed by atoms with Gasteiger partial charge in [0.15, 0.2) is 0 Å². The standard InChI is InChI=1S/C10H14BrNO/c11-4-1-9-7-12(8-9)10-2-5-13-6-3-10/h9-10H,2-3,5-8H2. The second-order valence-electron chi connectivity index (χ2n) is 3.73. The first kappa shape index (κ1) is 9.51. The van der Waals surface area contributed by atoms with E-state index in [1.165, 1.54) is 12.8 Å². The minimum atomic E-state index is 0.599. The maximum atomic E-state index is 5.33. The van der Waals surface area contributed by atoms with Crippen molar-refractivity contribution in [2.45, 2.75) is 18.9 Å². The van der Waals surface area contributed by atoms with E-state index in [0.717, 1.165) is 32.3 Å². The lowest BCUT2D eigenvalue weighted by Gasteiger charge is -2.43. The first-order chi connectivity index (χ1) is 6.40. The minimum Gasteiger partial charge on any atom is -0.381 e. The topological polar surface area (TPSA) is 12.5 Å². The summed E-state index contributed by atoms with van der Waals surface area (Å²) in [6.45, 7) is 4.19. The van der Waals surface area contributed by atoms with Crippen molar-refractivity contribution in [2.24, 2.45) is 5.92 Å². The average Bonchev–Trinajstić information content (AvgIpc) is 2.12. The van der Waals surface area contributed by atoms with Gasteiger partial charge in [-0.1, -0.05) is 5.92 Å². The molecule has 0 aliphatic carbocycles. The average molecular weight is 244 g/mol. The van der Waals surface area contributed by atoms with Crippen LogP contribution in [0.1, 0.15) is 12.8 Å². The van der Waals surface area contributed by atoms with Crippen molar-refractivity contribution in [3.63, 3.8) is 0 Å². The third-order valence-electron chi connectivity index (χ3n) is 2.88. The lowest BCUT2D eigenvalue weighted by atomic mass is 9.95. The maximum absolute atomic E-state index is 5.33. The van der Waals surface area contributed by atoms with E-state index in [0.29, 0.717) is 5.92 Å². The van der Waals surface area contributed by atoms with Crippen LogP contribution in [0.4, 0.5) is 0 Å². The first-order valence-electron chi connectivity index (χ1n) is 4.83. The monoisotopic (exact) mass is 243 g/mol. The van der Waals surface area contributed by atoms with E-state index in [2.05, 4.69) is 31.6 Å². The van der Waals surface area contributed by atoms with Gasteiger partial charge in [0.2, 0.25) is 0 Å². The van der Waals surface area contributed by atoms with Crippen LogP contribution in [0.3, 0.4) is 0 Å². The summed E-state index contributed by atoms with van der Waals surface area (Å²) in [4.78, 5) is 5.34. The molecule has 0 aromatic carbocycles. The van der Waals surface area contributed by atoms with Gasteiger partial charge in [-0.25, -0.2) is 0 Å². The number of rotatable bonds is 1. The first-order valence-corrected chi connectivity index (χ1v) is 5.62. The molecule has 2 saturated heterocycles. The Morgan fingerprint density at radius 2 is 1.92 bits per heavy atom. The zero-order valence-corrected chi connectivity index (χ0v) is 9.22. The van der Waals surface area contributed by atoms with Gasteiger partial charge in [0.25, 0.3) is 0 Å². The number of hydrogen-bond acceptors (Lipinski definition) is 2. The highest BCUT2D eigenvalue weighted by Gasteiger charge is 2.31. The zero-order chi connectivity index (χ0) is 9.10. The van der Waals surface area contributed by atoms with Gasteiger partial charge in [-0.3, -0.25) is 4.90 Å². The van der Waals surface area contributed by atoms with Crippen LogP contribution in [0.2, 0.25) is 0 Å². The van der Waals surface area contributed by atoms with Crippen molar-refractivity contribution in [1.29, 1.82) is 0 Å². The van der Waals surface area contributed by atoms with Crippen molar-refractivity contribution in [3.8, 4) is 10.8 Å². The van der Waals surface area contributed by atoms with Gasteiger partial charge >= 0.3 is 0 Å². The van der Waals surface area contributed by atoms with Crippen molar-refractivity contribution in [3.05, 3.63) is 0 Å². The Morgan fingerprint density at radius 3 is 2.54 bits per heavy atom. The van der Waals surface area contributed by atoms with E-state index in [4.69, 9.17) is 4.74 Å². The Kier molecular flexibility index (Phi) is 3.26. The molecule has 2 rings (SSSR count). The summed E-state index contributed by atoms with van der Waals surface area (Å²) in [5.41, 5.74) is 0. The molecule has 0 unspecified atom stereocenters. The molecule has 0 radical (unpaired) electrons. The third-order valence-corrected chi connectivity index (χ3v) is 3.10. The van der Waals surface area contributed by atoms with Crippen LogP contribution in [0.5, 0.6) is 0 Å². The second-order valence-corrected chi connectivity index (χ2v) is 4.13. The van der Waals surface area contributed by atoms with Gasteiger partial charge < -0.3 is 4.74 Å². The van der Waals surface area contributed by atoms with Gasteiger partial charge in [0.1, 0.15) is 0 Å². The number of nitrogens with zero attached hydrogens (tertiary/aromatic N) is 1. The normalized spacial score (nSPS) is 26.2.